The molecule has 0 radical (unpaired) electrons. The van der Waals surface area contributed by atoms with Crippen LogP contribution < -0.4 is 4.74 Å². The predicted molar refractivity (Wildman–Crippen MR) is 97.6 cm³/mol. The van der Waals surface area contributed by atoms with Gasteiger partial charge in [0.05, 0.1) is 12.7 Å². The largest absolute Gasteiger partial charge is 0.494 e. The molecule has 4 rings (SSSR count). The first kappa shape index (κ1) is 16.4. The van der Waals surface area contributed by atoms with E-state index in [1.54, 1.807) is 11.1 Å². The summed E-state index contributed by atoms with van der Waals surface area (Å²) < 4.78 is 11.7. The van der Waals surface area contributed by atoms with E-state index < -0.39 is 0 Å². The maximum Gasteiger partial charge on any atom is 0.119 e. The number of methoxy groups -OCH3 is 1. The Morgan fingerprint density at radius 3 is 2.83 bits per heavy atom. The lowest BCUT2D eigenvalue weighted by molar-refractivity contribution is -0.0444. The van der Waals surface area contributed by atoms with Crippen molar-refractivity contribution in [2.24, 2.45) is 17.3 Å². The summed E-state index contributed by atoms with van der Waals surface area (Å²) in [5.41, 5.74) is 3.59. The van der Waals surface area contributed by atoms with Crippen molar-refractivity contribution in [1.82, 2.24) is 0 Å². The van der Waals surface area contributed by atoms with Crippen LogP contribution in [0.2, 0.25) is 0 Å². The molecule has 2 heteroatoms. The lowest BCUT2D eigenvalue weighted by Gasteiger charge is -2.50. The van der Waals surface area contributed by atoms with E-state index in [0.717, 1.165) is 36.5 Å². The molecule has 0 bridgehead atoms. The Kier molecular flexibility index (Phi) is 4.36. The number of hydrogen-bond acceptors (Lipinski definition) is 2. The van der Waals surface area contributed by atoms with Crippen LogP contribution >= 0.6 is 0 Å². The van der Waals surface area contributed by atoms with E-state index in [-0.39, 0.29) is 0 Å². The Morgan fingerprint density at radius 2 is 2.04 bits per heavy atom. The van der Waals surface area contributed by atoms with Crippen LogP contribution in [0, 0.1) is 17.3 Å². The van der Waals surface area contributed by atoms with Gasteiger partial charge in [0.2, 0.25) is 0 Å². The highest BCUT2D eigenvalue weighted by Crippen LogP contribution is 2.61. The van der Waals surface area contributed by atoms with Gasteiger partial charge in [-0.1, -0.05) is 19.9 Å². The summed E-state index contributed by atoms with van der Waals surface area (Å²) >= 11 is 0. The molecule has 1 aromatic carbocycles. The number of aryl methyl sites for hydroxylation is 1. The molecule has 0 aromatic heterocycles. The molecule has 0 spiro atoms. The molecule has 3 aliphatic carbocycles. The van der Waals surface area contributed by atoms with E-state index in [0.29, 0.717) is 11.5 Å². The minimum atomic E-state index is 0.414. The summed E-state index contributed by atoms with van der Waals surface area (Å²) in [5.74, 6) is 3.54. The van der Waals surface area contributed by atoms with Gasteiger partial charge < -0.3 is 9.47 Å². The van der Waals surface area contributed by atoms with Crippen molar-refractivity contribution in [2.45, 2.75) is 70.8 Å². The quantitative estimate of drug-likeness (QED) is 0.742. The molecule has 2 fully saturated rings. The maximum absolute atomic E-state index is 5.87. The Balaban J connectivity index is 1.58. The van der Waals surface area contributed by atoms with Crippen molar-refractivity contribution in [1.29, 1.82) is 0 Å². The zero-order valence-corrected chi connectivity index (χ0v) is 15.5. The van der Waals surface area contributed by atoms with Crippen LogP contribution in [-0.2, 0) is 11.2 Å². The normalized spacial score (nSPS) is 37.5. The molecule has 24 heavy (non-hydrogen) atoms. The first-order valence-corrected chi connectivity index (χ1v) is 9.95. The second-order valence-corrected chi connectivity index (χ2v) is 8.47. The standard InChI is InChI=1S/C22H32O2/c1-4-13-24-16-6-8-17-15(14-16)5-7-19-18(17)11-12-22(2)20(19)9-10-21(22)23-3/h6,8,14,18-21H,4-5,7,9-13H2,1-3H3/t18-,19-,20+,21?,22+/m1/s1. The summed E-state index contributed by atoms with van der Waals surface area (Å²) in [4.78, 5) is 0. The molecule has 3 aliphatic rings. The number of ether oxygens (including phenoxy) is 2. The second kappa shape index (κ2) is 6.37. The lowest BCUT2D eigenvalue weighted by atomic mass is 9.55. The molecule has 0 amide bonds. The average molecular weight is 328 g/mol. The van der Waals surface area contributed by atoms with E-state index in [1.165, 1.54) is 38.5 Å². The van der Waals surface area contributed by atoms with E-state index >= 15 is 0 Å². The van der Waals surface area contributed by atoms with Crippen LogP contribution in [0.1, 0.15) is 69.4 Å². The molecular weight excluding hydrogens is 296 g/mol. The molecule has 1 unspecified atom stereocenters. The number of rotatable bonds is 4. The molecule has 0 aliphatic heterocycles. The van der Waals surface area contributed by atoms with Crippen LogP contribution in [0.4, 0.5) is 0 Å². The predicted octanol–water partition coefficient (Wildman–Crippen LogP) is 5.35. The summed E-state index contributed by atoms with van der Waals surface area (Å²) in [6.07, 6.45) is 9.42. The van der Waals surface area contributed by atoms with Gasteiger partial charge in [0, 0.05) is 7.11 Å². The summed E-state index contributed by atoms with van der Waals surface area (Å²) in [5, 5.41) is 0. The number of benzene rings is 1. The summed E-state index contributed by atoms with van der Waals surface area (Å²) in [6, 6.07) is 6.90. The van der Waals surface area contributed by atoms with Gasteiger partial charge in [-0.2, -0.15) is 0 Å². The molecule has 0 N–H and O–H groups in total. The van der Waals surface area contributed by atoms with Gasteiger partial charge in [-0.15, -0.1) is 0 Å². The fourth-order valence-corrected chi connectivity index (χ4v) is 6.21. The SMILES string of the molecule is CCCOc1ccc2c(c1)CC[C@@H]1[C@@H]2CC[C@]2(C)C(OC)CC[C@@H]12. The zero-order chi connectivity index (χ0) is 16.7. The highest BCUT2D eigenvalue weighted by atomic mass is 16.5. The Bertz CT molecular complexity index is 596. The molecule has 2 saturated carbocycles. The van der Waals surface area contributed by atoms with E-state index in [9.17, 15) is 0 Å². The monoisotopic (exact) mass is 328 g/mol. The van der Waals surface area contributed by atoms with Crippen molar-refractivity contribution in [3.63, 3.8) is 0 Å². The van der Waals surface area contributed by atoms with E-state index in [4.69, 9.17) is 9.47 Å². The highest BCUT2D eigenvalue weighted by molar-refractivity contribution is 5.40. The minimum Gasteiger partial charge on any atom is -0.494 e. The van der Waals surface area contributed by atoms with Crippen LogP contribution in [0.25, 0.3) is 0 Å². The molecule has 0 heterocycles. The maximum atomic E-state index is 5.87. The Hall–Kier alpha value is -1.02. The van der Waals surface area contributed by atoms with Gasteiger partial charge in [0.15, 0.2) is 0 Å². The third-order valence-corrected chi connectivity index (χ3v) is 7.37. The molecule has 1 aromatic rings. The third kappa shape index (κ3) is 2.49. The molecular formula is C22H32O2. The van der Waals surface area contributed by atoms with Gasteiger partial charge in [0.25, 0.3) is 0 Å². The van der Waals surface area contributed by atoms with Crippen molar-refractivity contribution >= 4 is 0 Å². The van der Waals surface area contributed by atoms with Crippen molar-refractivity contribution in [3.05, 3.63) is 29.3 Å². The van der Waals surface area contributed by atoms with Crippen molar-refractivity contribution in [2.75, 3.05) is 13.7 Å². The van der Waals surface area contributed by atoms with Crippen LogP contribution in [-0.4, -0.2) is 19.8 Å². The number of fused-ring (bicyclic) bond motifs is 5. The van der Waals surface area contributed by atoms with E-state index in [1.807, 2.05) is 7.11 Å². The van der Waals surface area contributed by atoms with Crippen LogP contribution in [0.5, 0.6) is 5.75 Å². The van der Waals surface area contributed by atoms with E-state index in [2.05, 4.69) is 32.0 Å². The molecule has 2 nitrogen and oxygen atoms in total. The van der Waals surface area contributed by atoms with Gasteiger partial charge in [-0.25, -0.2) is 0 Å². The second-order valence-electron chi connectivity index (χ2n) is 8.47. The number of hydrogen-bond donors (Lipinski definition) is 0. The third-order valence-electron chi connectivity index (χ3n) is 7.37. The molecule has 5 atom stereocenters. The van der Waals surface area contributed by atoms with Crippen LogP contribution in [0.3, 0.4) is 0 Å². The Morgan fingerprint density at radius 1 is 1.17 bits per heavy atom. The van der Waals surface area contributed by atoms with Gasteiger partial charge in [-0.05, 0) is 91.4 Å². The van der Waals surface area contributed by atoms with Crippen LogP contribution in [0.15, 0.2) is 18.2 Å². The summed E-state index contributed by atoms with van der Waals surface area (Å²) in [6.45, 7) is 5.49. The zero-order valence-electron chi connectivity index (χ0n) is 15.5. The summed E-state index contributed by atoms with van der Waals surface area (Å²) in [7, 11) is 1.92. The van der Waals surface area contributed by atoms with Gasteiger partial charge in [0.1, 0.15) is 5.75 Å². The topological polar surface area (TPSA) is 18.5 Å². The first-order valence-electron chi connectivity index (χ1n) is 9.95. The Labute approximate surface area is 146 Å². The average Bonchev–Trinajstić information content (AvgIpc) is 2.95. The van der Waals surface area contributed by atoms with Gasteiger partial charge >= 0.3 is 0 Å². The fraction of sp³-hybridized carbons (Fsp3) is 0.727. The minimum absolute atomic E-state index is 0.414. The van der Waals surface area contributed by atoms with Crippen molar-refractivity contribution in [3.8, 4) is 5.75 Å². The van der Waals surface area contributed by atoms with Gasteiger partial charge in [-0.3, -0.25) is 0 Å². The van der Waals surface area contributed by atoms with Crippen molar-refractivity contribution < 1.29 is 9.47 Å². The molecule has 0 saturated heterocycles. The smallest absolute Gasteiger partial charge is 0.119 e. The molecule has 132 valence electrons. The first-order chi connectivity index (χ1) is 11.7. The highest BCUT2D eigenvalue weighted by Gasteiger charge is 2.54. The lowest BCUT2D eigenvalue weighted by Crippen LogP contribution is -2.44. The fourth-order valence-electron chi connectivity index (χ4n) is 6.21.